The Labute approximate surface area is 82.5 Å². The van der Waals surface area contributed by atoms with Crippen molar-refractivity contribution in [1.29, 1.82) is 0 Å². The minimum Gasteiger partial charge on any atom is -0.458 e. The summed E-state index contributed by atoms with van der Waals surface area (Å²) in [4.78, 5) is 0. The van der Waals surface area contributed by atoms with E-state index in [9.17, 15) is 0 Å². The number of rotatable bonds is 1. The molecule has 2 heteroatoms. The van der Waals surface area contributed by atoms with Crippen LogP contribution in [0.25, 0.3) is 11.0 Å². The summed E-state index contributed by atoms with van der Waals surface area (Å²) in [7, 11) is 0. The van der Waals surface area contributed by atoms with Crippen LogP contribution in [0.3, 0.4) is 0 Å². The van der Waals surface area contributed by atoms with E-state index in [2.05, 4.69) is 12.1 Å². The molecule has 2 nitrogen and oxygen atoms in total. The highest BCUT2D eigenvalue weighted by Crippen LogP contribution is 2.32. The van der Waals surface area contributed by atoms with Crippen LogP contribution in [0, 0.1) is 0 Å². The van der Waals surface area contributed by atoms with Crippen LogP contribution in [0.15, 0.2) is 34.7 Å². The van der Waals surface area contributed by atoms with Gasteiger partial charge in [0.05, 0.1) is 0 Å². The van der Waals surface area contributed by atoms with E-state index in [1.807, 2.05) is 18.2 Å². The van der Waals surface area contributed by atoms with Crippen LogP contribution in [0.4, 0.5) is 0 Å². The van der Waals surface area contributed by atoms with E-state index in [4.69, 9.17) is 9.15 Å². The minimum atomic E-state index is 0.183. The summed E-state index contributed by atoms with van der Waals surface area (Å²) in [5.41, 5.74) is 0.956. The Hall–Kier alpha value is -1.28. The normalized spacial score (nSPS) is 21.9. The Morgan fingerprint density at radius 1 is 1.21 bits per heavy atom. The molecule has 0 amide bonds. The maximum atomic E-state index is 5.73. The third-order valence-electron chi connectivity index (χ3n) is 2.69. The maximum Gasteiger partial charge on any atom is 0.134 e. The summed E-state index contributed by atoms with van der Waals surface area (Å²) in [6.07, 6.45) is 2.41. The fourth-order valence-corrected chi connectivity index (χ4v) is 1.96. The average Bonchev–Trinajstić information content (AvgIpc) is 2.86. The van der Waals surface area contributed by atoms with Gasteiger partial charge in [-0.3, -0.25) is 0 Å². The van der Waals surface area contributed by atoms with Crippen LogP contribution in [0.5, 0.6) is 0 Å². The Bertz CT molecular complexity index is 405. The van der Waals surface area contributed by atoms with Gasteiger partial charge in [0, 0.05) is 12.0 Å². The highest BCUT2D eigenvalue weighted by molar-refractivity contribution is 5.77. The van der Waals surface area contributed by atoms with Crippen LogP contribution in [0.1, 0.15) is 24.7 Å². The first-order chi connectivity index (χ1) is 6.93. The van der Waals surface area contributed by atoms with Gasteiger partial charge in [-0.1, -0.05) is 18.2 Å². The molecule has 0 aliphatic carbocycles. The summed E-state index contributed by atoms with van der Waals surface area (Å²) >= 11 is 0. The summed E-state index contributed by atoms with van der Waals surface area (Å²) in [5, 5.41) is 1.16. The first-order valence-corrected chi connectivity index (χ1v) is 5.03. The van der Waals surface area contributed by atoms with Gasteiger partial charge in [0.2, 0.25) is 0 Å². The number of hydrogen-bond acceptors (Lipinski definition) is 2. The molecule has 2 aromatic rings. The highest BCUT2D eigenvalue weighted by atomic mass is 16.5. The van der Waals surface area contributed by atoms with Gasteiger partial charge < -0.3 is 9.15 Å². The van der Waals surface area contributed by atoms with Crippen molar-refractivity contribution >= 4 is 11.0 Å². The van der Waals surface area contributed by atoms with Gasteiger partial charge in [0.1, 0.15) is 17.4 Å². The number of hydrogen-bond donors (Lipinski definition) is 0. The van der Waals surface area contributed by atoms with Crippen molar-refractivity contribution < 1.29 is 9.15 Å². The molecule has 0 saturated carbocycles. The highest BCUT2D eigenvalue weighted by Gasteiger charge is 2.21. The van der Waals surface area contributed by atoms with Gasteiger partial charge in [0.25, 0.3) is 0 Å². The molecule has 0 unspecified atom stereocenters. The van der Waals surface area contributed by atoms with Crippen molar-refractivity contribution in [3.63, 3.8) is 0 Å². The smallest absolute Gasteiger partial charge is 0.134 e. The summed E-state index contributed by atoms with van der Waals surface area (Å²) in [6, 6.07) is 10.2. The molecule has 0 spiro atoms. The molecule has 0 bridgehead atoms. The van der Waals surface area contributed by atoms with Crippen molar-refractivity contribution in [2.24, 2.45) is 0 Å². The number of fused-ring (bicyclic) bond motifs is 1. The SMILES string of the molecule is c1ccc2oc([C@H]3CCCO3)cc2c1. The Kier molecular flexibility index (Phi) is 1.81. The fourth-order valence-electron chi connectivity index (χ4n) is 1.96. The number of para-hydroxylation sites is 1. The molecule has 1 aliphatic heterocycles. The van der Waals surface area contributed by atoms with Crippen LogP contribution >= 0.6 is 0 Å². The standard InChI is InChI=1S/C12H12O2/c1-2-5-10-9(4-1)8-12(14-10)11-6-3-7-13-11/h1-2,4-5,8,11H,3,6-7H2/t11-/m1/s1. The zero-order valence-corrected chi connectivity index (χ0v) is 7.90. The van der Waals surface area contributed by atoms with Crippen molar-refractivity contribution in [3.8, 4) is 0 Å². The summed E-state index contributed by atoms with van der Waals surface area (Å²) in [6.45, 7) is 0.863. The predicted molar refractivity (Wildman–Crippen MR) is 54.1 cm³/mol. The molecule has 72 valence electrons. The maximum absolute atomic E-state index is 5.73. The molecule has 1 saturated heterocycles. The van der Waals surface area contributed by atoms with Gasteiger partial charge in [-0.05, 0) is 25.0 Å². The molecule has 0 N–H and O–H groups in total. The predicted octanol–water partition coefficient (Wildman–Crippen LogP) is 3.28. The molecule has 0 radical (unpaired) electrons. The molecule has 2 heterocycles. The van der Waals surface area contributed by atoms with E-state index in [0.717, 1.165) is 36.2 Å². The number of benzene rings is 1. The molecule has 1 aliphatic rings. The van der Waals surface area contributed by atoms with Crippen molar-refractivity contribution in [2.45, 2.75) is 18.9 Å². The Morgan fingerprint density at radius 3 is 2.93 bits per heavy atom. The number of ether oxygens (including phenoxy) is 1. The van der Waals surface area contributed by atoms with Crippen molar-refractivity contribution in [1.82, 2.24) is 0 Å². The molecule has 3 rings (SSSR count). The lowest BCUT2D eigenvalue weighted by molar-refractivity contribution is 0.0950. The largest absolute Gasteiger partial charge is 0.458 e. The first kappa shape index (κ1) is 8.06. The zero-order chi connectivity index (χ0) is 9.38. The molecule has 1 aromatic carbocycles. The lowest BCUT2D eigenvalue weighted by atomic mass is 10.2. The van der Waals surface area contributed by atoms with E-state index >= 15 is 0 Å². The third kappa shape index (κ3) is 1.23. The molecule has 1 aromatic heterocycles. The van der Waals surface area contributed by atoms with Crippen molar-refractivity contribution in [2.75, 3.05) is 6.61 Å². The second-order valence-electron chi connectivity index (χ2n) is 3.69. The van der Waals surface area contributed by atoms with Gasteiger partial charge in [-0.2, -0.15) is 0 Å². The van der Waals surface area contributed by atoms with Gasteiger partial charge in [-0.15, -0.1) is 0 Å². The molecular weight excluding hydrogens is 176 g/mol. The quantitative estimate of drug-likeness (QED) is 0.685. The molecule has 1 atom stereocenters. The lowest BCUT2D eigenvalue weighted by Gasteiger charge is -2.03. The Morgan fingerprint density at radius 2 is 2.14 bits per heavy atom. The monoisotopic (exact) mass is 188 g/mol. The minimum absolute atomic E-state index is 0.183. The van der Waals surface area contributed by atoms with Gasteiger partial charge in [-0.25, -0.2) is 0 Å². The Balaban J connectivity index is 2.05. The van der Waals surface area contributed by atoms with E-state index < -0.39 is 0 Å². The lowest BCUT2D eigenvalue weighted by Crippen LogP contribution is -1.91. The second-order valence-corrected chi connectivity index (χ2v) is 3.69. The topological polar surface area (TPSA) is 22.4 Å². The average molecular weight is 188 g/mol. The summed E-state index contributed by atoms with van der Waals surface area (Å²) in [5.74, 6) is 0.976. The molecular formula is C12H12O2. The fraction of sp³-hybridized carbons (Fsp3) is 0.333. The molecule has 1 fully saturated rings. The summed E-state index contributed by atoms with van der Waals surface area (Å²) < 4.78 is 11.3. The van der Waals surface area contributed by atoms with Crippen LogP contribution in [-0.4, -0.2) is 6.61 Å². The van der Waals surface area contributed by atoms with E-state index in [0.29, 0.717) is 0 Å². The first-order valence-electron chi connectivity index (χ1n) is 5.03. The number of furan rings is 1. The van der Waals surface area contributed by atoms with E-state index in [1.54, 1.807) is 0 Å². The van der Waals surface area contributed by atoms with Crippen molar-refractivity contribution in [3.05, 3.63) is 36.1 Å². The zero-order valence-electron chi connectivity index (χ0n) is 7.90. The van der Waals surface area contributed by atoms with Crippen LogP contribution < -0.4 is 0 Å². The second kappa shape index (κ2) is 3.14. The van der Waals surface area contributed by atoms with E-state index in [-0.39, 0.29) is 6.10 Å². The van der Waals surface area contributed by atoms with E-state index in [1.165, 1.54) is 0 Å². The van der Waals surface area contributed by atoms with Gasteiger partial charge in [0.15, 0.2) is 0 Å². The molecule has 14 heavy (non-hydrogen) atoms. The van der Waals surface area contributed by atoms with Crippen LogP contribution in [0.2, 0.25) is 0 Å². The van der Waals surface area contributed by atoms with Crippen LogP contribution in [-0.2, 0) is 4.74 Å². The third-order valence-corrected chi connectivity index (χ3v) is 2.69. The van der Waals surface area contributed by atoms with Gasteiger partial charge >= 0.3 is 0 Å².